The number of hydrogen-bond donors (Lipinski definition) is 3. The molecule has 1 aromatic heterocycles. The number of aliphatic hydroxyl groups excluding tert-OH is 1. The highest BCUT2D eigenvalue weighted by Crippen LogP contribution is 2.19. The van der Waals surface area contributed by atoms with E-state index in [1.165, 1.54) is 6.07 Å². The highest BCUT2D eigenvalue weighted by Gasteiger charge is 2.20. The van der Waals surface area contributed by atoms with Crippen LogP contribution in [-0.4, -0.2) is 27.8 Å². The van der Waals surface area contributed by atoms with Gasteiger partial charge in [0, 0.05) is 5.69 Å². The molecule has 1 amide bonds. The molecule has 0 fully saturated rings. The molecule has 0 aliphatic heterocycles. The van der Waals surface area contributed by atoms with Gasteiger partial charge >= 0.3 is 0 Å². The van der Waals surface area contributed by atoms with Crippen molar-refractivity contribution in [2.75, 3.05) is 6.61 Å². The number of hydrogen-bond acceptors (Lipinski definition) is 3. The number of carbonyl (C=O) groups is 1. The molecular weight excluding hydrogens is 287 g/mol. The summed E-state index contributed by atoms with van der Waals surface area (Å²) in [5, 5.41) is 17.9. The van der Waals surface area contributed by atoms with Crippen LogP contribution >= 0.6 is 0 Å². The number of amides is 1. The van der Waals surface area contributed by atoms with Crippen molar-refractivity contribution in [3.8, 4) is 0 Å². The van der Waals surface area contributed by atoms with Crippen LogP contribution in [0.25, 0.3) is 0 Å². The molecule has 2 aromatic rings. The van der Waals surface area contributed by atoms with Gasteiger partial charge in [-0.2, -0.15) is 5.10 Å². The maximum absolute atomic E-state index is 13.2. The minimum Gasteiger partial charge on any atom is -0.394 e. The first-order valence-electron chi connectivity index (χ1n) is 6.00. The van der Waals surface area contributed by atoms with Crippen LogP contribution in [0.5, 0.6) is 0 Å². The first kappa shape index (κ1) is 15.0. The molecular formula is C13H12F3N3O2. The maximum atomic E-state index is 13.2. The van der Waals surface area contributed by atoms with Crippen molar-refractivity contribution in [1.29, 1.82) is 0 Å². The van der Waals surface area contributed by atoms with Gasteiger partial charge in [-0.25, -0.2) is 13.2 Å². The SMILES string of the molecule is Cc1cc(C(=O)NC(CO)c2cc(F)c(F)c(F)c2)n[nH]1. The average Bonchev–Trinajstić information content (AvgIpc) is 2.88. The van der Waals surface area contributed by atoms with E-state index in [4.69, 9.17) is 0 Å². The Morgan fingerprint density at radius 3 is 2.43 bits per heavy atom. The second-order valence-electron chi connectivity index (χ2n) is 4.44. The van der Waals surface area contributed by atoms with Gasteiger partial charge in [-0.1, -0.05) is 0 Å². The van der Waals surface area contributed by atoms with Gasteiger partial charge in [-0.15, -0.1) is 0 Å². The van der Waals surface area contributed by atoms with E-state index in [0.29, 0.717) is 5.69 Å². The highest BCUT2D eigenvalue weighted by atomic mass is 19.2. The number of aromatic amines is 1. The van der Waals surface area contributed by atoms with Gasteiger partial charge in [0.15, 0.2) is 17.5 Å². The molecule has 1 unspecified atom stereocenters. The molecule has 21 heavy (non-hydrogen) atoms. The van der Waals surface area contributed by atoms with Crippen molar-refractivity contribution >= 4 is 5.91 Å². The van der Waals surface area contributed by atoms with Gasteiger partial charge in [0.05, 0.1) is 12.6 Å². The third kappa shape index (κ3) is 3.22. The molecule has 1 heterocycles. The lowest BCUT2D eigenvalue weighted by atomic mass is 10.1. The maximum Gasteiger partial charge on any atom is 0.272 e. The predicted molar refractivity (Wildman–Crippen MR) is 66.9 cm³/mol. The number of carbonyl (C=O) groups excluding carboxylic acids is 1. The van der Waals surface area contributed by atoms with Crippen LogP contribution in [0.3, 0.4) is 0 Å². The van der Waals surface area contributed by atoms with Gasteiger partial charge in [0.25, 0.3) is 5.91 Å². The molecule has 2 rings (SSSR count). The molecule has 0 spiro atoms. The molecule has 1 atom stereocenters. The quantitative estimate of drug-likeness (QED) is 0.750. The van der Waals surface area contributed by atoms with Crippen LogP contribution in [0.4, 0.5) is 13.2 Å². The summed E-state index contributed by atoms with van der Waals surface area (Å²) in [6.07, 6.45) is 0. The first-order valence-corrected chi connectivity index (χ1v) is 6.00. The van der Waals surface area contributed by atoms with Gasteiger partial charge < -0.3 is 10.4 Å². The fourth-order valence-electron chi connectivity index (χ4n) is 1.78. The normalized spacial score (nSPS) is 12.2. The number of aromatic nitrogens is 2. The molecule has 8 heteroatoms. The first-order chi connectivity index (χ1) is 9.92. The lowest BCUT2D eigenvalue weighted by molar-refractivity contribution is 0.0910. The molecule has 0 bridgehead atoms. The highest BCUT2D eigenvalue weighted by molar-refractivity contribution is 5.92. The second kappa shape index (κ2) is 5.96. The summed E-state index contributed by atoms with van der Waals surface area (Å²) in [6.45, 7) is 1.08. The molecule has 3 N–H and O–H groups in total. The smallest absolute Gasteiger partial charge is 0.272 e. The molecule has 0 aliphatic carbocycles. The molecule has 5 nitrogen and oxygen atoms in total. The van der Waals surface area contributed by atoms with E-state index in [0.717, 1.165) is 12.1 Å². The number of H-pyrrole nitrogens is 1. The largest absolute Gasteiger partial charge is 0.394 e. The second-order valence-corrected chi connectivity index (χ2v) is 4.44. The van der Waals surface area contributed by atoms with Crippen molar-refractivity contribution < 1.29 is 23.1 Å². The monoisotopic (exact) mass is 299 g/mol. The van der Waals surface area contributed by atoms with Crippen molar-refractivity contribution in [1.82, 2.24) is 15.5 Å². The topological polar surface area (TPSA) is 78.0 Å². The minimum absolute atomic E-state index is 0.0639. The number of benzene rings is 1. The van der Waals surface area contributed by atoms with Crippen LogP contribution in [0, 0.1) is 24.4 Å². The molecule has 0 saturated carbocycles. The van der Waals surface area contributed by atoms with Gasteiger partial charge in [0.2, 0.25) is 0 Å². The number of nitrogens with zero attached hydrogens (tertiary/aromatic N) is 1. The Labute approximate surface area is 117 Å². The van der Waals surface area contributed by atoms with Gasteiger partial charge in [0.1, 0.15) is 5.69 Å². The summed E-state index contributed by atoms with van der Waals surface area (Å²) in [5.74, 6) is -5.03. The van der Waals surface area contributed by atoms with Crippen molar-refractivity contribution in [2.24, 2.45) is 0 Å². The van der Waals surface area contributed by atoms with E-state index in [2.05, 4.69) is 15.5 Å². The van der Waals surface area contributed by atoms with Crippen LogP contribution in [-0.2, 0) is 0 Å². The molecule has 112 valence electrons. The van der Waals surface area contributed by atoms with E-state index < -0.39 is 36.0 Å². The summed E-state index contributed by atoms with van der Waals surface area (Å²) in [7, 11) is 0. The van der Waals surface area contributed by atoms with E-state index in [1.54, 1.807) is 6.92 Å². The third-order valence-corrected chi connectivity index (χ3v) is 2.83. The number of aliphatic hydroxyl groups is 1. The summed E-state index contributed by atoms with van der Waals surface area (Å²) < 4.78 is 39.2. The Balaban J connectivity index is 2.22. The van der Waals surface area contributed by atoms with Gasteiger partial charge in [-0.3, -0.25) is 9.89 Å². The Kier molecular flexibility index (Phi) is 4.27. The van der Waals surface area contributed by atoms with E-state index >= 15 is 0 Å². The van der Waals surface area contributed by atoms with E-state index in [-0.39, 0.29) is 11.3 Å². The lowest BCUT2D eigenvalue weighted by Crippen LogP contribution is -2.31. The Bertz CT molecular complexity index is 649. The van der Waals surface area contributed by atoms with Gasteiger partial charge in [-0.05, 0) is 30.7 Å². The lowest BCUT2D eigenvalue weighted by Gasteiger charge is -2.16. The fraction of sp³-hybridized carbons (Fsp3) is 0.231. The Hall–Kier alpha value is -2.35. The van der Waals surface area contributed by atoms with Crippen molar-refractivity contribution in [3.63, 3.8) is 0 Å². The number of rotatable bonds is 4. The predicted octanol–water partition coefficient (Wildman–Crippen LogP) is 1.60. The standard InChI is InChI=1S/C13H12F3N3O2/c1-6-2-10(19-18-6)13(21)17-11(5-20)7-3-8(14)12(16)9(15)4-7/h2-4,11,20H,5H2,1H3,(H,17,21)(H,18,19). The van der Waals surface area contributed by atoms with Crippen molar-refractivity contribution in [3.05, 3.63) is 52.6 Å². The number of aryl methyl sites for hydroxylation is 1. The zero-order valence-electron chi connectivity index (χ0n) is 11.0. The zero-order chi connectivity index (χ0) is 15.6. The summed E-state index contributed by atoms with van der Waals surface area (Å²) in [6, 6.07) is 1.82. The summed E-state index contributed by atoms with van der Waals surface area (Å²) >= 11 is 0. The third-order valence-electron chi connectivity index (χ3n) is 2.83. The Morgan fingerprint density at radius 1 is 1.33 bits per heavy atom. The summed E-state index contributed by atoms with van der Waals surface area (Å²) in [5.41, 5.74) is 0.628. The van der Waals surface area contributed by atoms with Crippen LogP contribution in [0.2, 0.25) is 0 Å². The number of nitrogens with one attached hydrogen (secondary N) is 2. The average molecular weight is 299 g/mol. The fourth-order valence-corrected chi connectivity index (χ4v) is 1.78. The zero-order valence-corrected chi connectivity index (χ0v) is 11.0. The van der Waals surface area contributed by atoms with Crippen LogP contribution < -0.4 is 5.32 Å². The summed E-state index contributed by atoms with van der Waals surface area (Å²) in [4.78, 5) is 11.9. The van der Waals surface area contributed by atoms with Crippen molar-refractivity contribution in [2.45, 2.75) is 13.0 Å². The van der Waals surface area contributed by atoms with E-state index in [9.17, 15) is 23.1 Å². The Morgan fingerprint density at radius 2 is 1.95 bits per heavy atom. The van der Waals surface area contributed by atoms with E-state index in [1.807, 2.05) is 0 Å². The molecule has 0 radical (unpaired) electrons. The molecule has 0 aliphatic rings. The van der Waals surface area contributed by atoms with Crippen LogP contribution in [0.1, 0.15) is 27.8 Å². The minimum atomic E-state index is -1.61. The molecule has 0 saturated heterocycles. The van der Waals surface area contributed by atoms with Crippen LogP contribution in [0.15, 0.2) is 18.2 Å². The number of halogens is 3. The molecule has 1 aromatic carbocycles.